The first-order valence-electron chi connectivity index (χ1n) is 6.92. The predicted octanol–water partition coefficient (Wildman–Crippen LogP) is 2.25. The van der Waals surface area contributed by atoms with Crippen LogP contribution < -0.4 is 11.1 Å². The molecule has 1 unspecified atom stereocenters. The zero-order chi connectivity index (χ0) is 15.5. The molecule has 0 aliphatic carbocycles. The number of nitrogens with zero attached hydrogens (tertiary/aromatic N) is 2. The van der Waals surface area contributed by atoms with E-state index in [1.165, 1.54) is 0 Å². The molecule has 0 spiro atoms. The third-order valence-electron chi connectivity index (χ3n) is 3.46. The van der Waals surface area contributed by atoms with Crippen LogP contribution in [0, 0.1) is 5.41 Å². The lowest BCUT2D eigenvalue weighted by Crippen LogP contribution is -2.42. The molecule has 1 atom stereocenters. The maximum Gasteiger partial charge on any atom is 0.249 e. The summed E-state index contributed by atoms with van der Waals surface area (Å²) in [4.78, 5) is 16.3. The number of aromatic nitrogens is 2. The summed E-state index contributed by atoms with van der Waals surface area (Å²) < 4.78 is 2.08. The van der Waals surface area contributed by atoms with E-state index < -0.39 is 0 Å². The van der Waals surface area contributed by atoms with Gasteiger partial charge in [-0.1, -0.05) is 20.8 Å². The van der Waals surface area contributed by atoms with Crippen molar-refractivity contribution in [1.82, 2.24) is 14.9 Å². The van der Waals surface area contributed by atoms with Gasteiger partial charge in [0.15, 0.2) is 0 Å². The zero-order valence-electron chi connectivity index (χ0n) is 12.7. The Kier molecular flexibility index (Phi) is 4.80. The molecule has 5 nitrogen and oxygen atoms in total. The number of nitrogens with one attached hydrogen (secondary N) is 1. The molecule has 2 aromatic rings. The van der Waals surface area contributed by atoms with Gasteiger partial charge in [-0.25, -0.2) is 4.98 Å². The van der Waals surface area contributed by atoms with Crippen molar-refractivity contribution in [2.45, 2.75) is 39.9 Å². The van der Waals surface area contributed by atoms with E-state index in [0.717, 1.165) is 18.0 Å². The fourth-order valence-electron chi connectivity index (χ4n) is 2.08. The highest BCUT2D eigenvalue weighted by molar-refractivity contribution is 7.10. The third-order valence-corrected chi connectivity index (χ3v) is 4.40. The van der Waals surface area contributed by atoms with Crippen molar-refractivity contribution < 1.29 is 4.79 Å². The summed E-state index contributed by atoms with van der Waals surface area (Å²) in [6.45, 7) is 8.23. The Morgan fingerprint density at radius 3 is 2.81 bits per heavy atom. The second kappa shape index (κ2) is 6.41. The fraction of sp³-hybridized carbons (Fsp3) is 0.467. The van der Waals surface area contributed by atoms with Crippen molar-refractivity contribution in [2.24, 2.45) is 11.1 Å². The monoisotopic (exact) mass is 306 g/mol. The van der Waals surface area contributed by atoms with Crippen LogP contribution in [0.2, 0.25) is 0 Å². The number of hydrogen-bond donors (Lipinski definition) is 2. The van der Waals surface area contributed by atoms with Crippen molar-refractivity contribution in [3.05, 3.63) is 40.6 Å². The summed E-state index contributed by atoms with van der Waals surface area (Å²) in [6, 6.07) is 2.16. The molecule has 3 N–H and O–H groups in total. The Labute approximate surface area is 129 Å². The lowest BCUT2D eigenvalue weighted by molar-refractivity contribution is 0.100. The first-order valence-corrected chi connectivity index (χ1v) is 7.80. The second-order valence-corrected chi connectivity index (χ2v) is 7.22. The van der Waals surface area contributed by atoms with Crippen LogP contribution in [0.3, 0.4) is 0 Å². The molecule has 0 aromatic carbocycles. The molecule has 1 amide bonds. The Bertz CT molecular complexity index is 583. The number of primary amides is 1. The SMILES string of the molecule is CC(C)(C)C(Cn1ccnc1)NCc1cc(C(N)=O)cs1. The van der Waals surface area contributed by atoms with Gasteiger partial charge >= 0.3 is 0 Å². The molecule has 0 fully saturated rings. The summed E-state index contributed by atoms with van der Waals surface area (Å²) in [7, 11) is 0. The zero-order valence-corrected chi connectivity index (χ0v) is 13.5. The van der Waals surface area contributed by atoms with E-state index in [9.17, 15) is 4.79 Å². The molecule has 114 valence electrons. The van der Waals surface area contributed by atoms with E-state index in [1.807, 2.05) is 18.6 Å². The number of amides is 1. The van der Waals surface area contributed by atoms with Crippen LogP contribution in [-0.2, 0) is 13.1 Å². The highest BCUT2D eigenvalue weighted by Gasteiger charge is 2.24. The van der Waals surface area contributed by atoms with Crippen LogP contribution in [0.1, 0.15) is 36.0 Å². The average Bonchev–Trinajstić information content (AvgIpc) is 3.04. The van der Waals surface area contributed by atoms with Gasteiger partial charge in [0.25, 0.3) is 0 Å². The Balaban J connectivity index is 2.00. The van der Waals surface area contributed by atoms with E-state index in [1.54, 1.807) is 22.9 Å². The summed E-state index contributed by atoms with van der Waals surface area (Å²) in [6.07, 6.45) is 5.59. The number of rotatable bonds is 6. The first kappa shape index (κ1) is 15.7. The van der Waals surface area contributed by atoms with Gasteiger partial charge < -0.3 is 15.6 Å². The number of thiophene rings is 1. The van der Waals surface area contributed by atoms with Gasteiger partial charge in [0.05, 0.1) is 11.9 Å². The molecule has 0 bridgehead atoms. The Hall–Kier alpha value is -1.66. The largest absolute Gasteiger partial charge is 0.366 e. The molecule has 2 heterocycles. The van der Waals surface area contributed by atoms with Crippen molar-refractivity contribution in [3.8, 4) is 0 Å². The number of imidazole rings is 1. The van der Waals surface area contributed by atoms with Crippen LogP contribution in [0.4, 0.5) is 0 Å². The molecule has 0 saturated carbocycles. The smallest absolute Gasteiger partial charge is 0.249 e. The topological polar surface area (TPSA) is 72.9 Å². The normalized spacial score (nSPS) is 13.3. The second-order valence-electron chi connectivity index (χ2n) is 6.22. The van der Waals surface area contributed by atoms with Crippen LogP contribution in [0.5, 0.6) is 0 Å². The van der Waals surface area contributed by atoms with Gasteiger partial charge in [0, 0.05) is 41.8 Å². The van der Waals surface area contributed by atoms with Gasteiger partial charge in [-0.05, 0) is 11.5 Å². The minimum absolute atomic E-state index is 0.119. The fourth-order valence-corrected chi connectivity index (χ4v) is 2.90. The van der Waals surface area contributed by atoms with Crippen LogP contribution >= 0.6 is 11.3 Å². The molecular formula is C15H22N4OS. The Morgan fingerprint density at radius 2 is 2.29 bits per heavy atom. The summed E-state index contributed by atoms with van der Waals surface area (Å²) in [5.74, 6) is -0.372. The van der Waals surface area contributed by atoms with E-state index in [0.29, 0.717) is 11.6 Å². The van der Waals surface area contributed by atoms with Crippen LogP contribution in [0.15, 0.2) is 30.2 Å². The molecule has 6 heteroatoms. The lowest BCUT2D eigenvalue weighted by Gasteiger charge is -2.32. The summed E-state index contributed by atoms with van der Waals surface area (Å²) in [5.41, 5.74) is 5.98. The minimum Gasteiger partial charge on any atom is -0.366 e. The lowest BCUT2D eigenvalue weighted by atomic mass is 9.86. The summed E-state index contributed by atoms with van der Waals surface area (Å²) >= 11 is 1.56. The number of hydrogen-bond acceptors (Lipinski definition) is 4. The number of carbonyl (C=O) groups is 1. The maximum atomic E-state index is 11.1. The number of nitrogens with two attached hydrogens (primary N) is 1. The molecule has 0 radical (unpaired) electrons. The highest BCUT2D eigenvalue weighted by Crippen LogP contribution is 2.22. The number of carbonyl (C=O) groups excluding carboxylic acids is 1. The molecule has 0 saturated heterocycles. The minimum atomic E-state index is -0.372. The van der Waals surface area contributed by atoms with Gasteiger partial charge in [-0.3, -0.25) is 4.79 Å². The Morgan fingerprint density at radius 1 is 1.52 bits per heavy atom. The van der Waals surface area contributed by atoms with Crippen LogP contribution in [0.25, 0.3) is 0 Å². The van der Waals surface area contributed by atoms with Crippen molar-refractivity contribution in [3.63, 3.8) is 0 Å². The van der Waals surface area contributed by atoms with Gasteiger partial charge in [0.1, 0.15) is 0 Å². The van der Waals surface area contributed by atoms with Crippen molar-refractivity contribution in [1.29, 1.82) is 0 Å². The molecule has 2 aromatic heterocycles. The van der Waals surface area contributed by atoms with Gasteiger partial charge in [-0.15, -0.1) is 11.3 Å². The quantitative estimate of drug-likeness (QED) is 0.859. The molecule has 21 heavy (non-hydrogen) atoms. The standard InChI is InChI=1S/C15H22N4OS/c1-15(2,3)13(8-19-5-4-17-10-19)18-7-12-6-11(9-21-12)14(16)20/h4-6,9-10,13,18H,7-8H2,1-3H3,(H2,16,20). The van der Waals surface area contributed by atoms with Gasteiger partial charge in [0.2, 0.25) is 5.91 Å². The van der Waals surface area contributed by atoms with E-state index in [-0.39, 0.29) is 11.3 Å². The third kappa shape index (κ3) is 4.41. The van der Waals surface area contributed by atoms with Gasteiger partial charge in [-0.2, -0.15) is 0 Å². The van der Waals surface area contributed by atoms with Crippen LogP contribution in [-0.4, -0.2) is 21.5 Å². The molecule has 0 aliphatic heterocycles. The predicted molar refractivity (Wildman–Crippen MR) is 85.1 cm³/mol. The van der Waals surface area contributed by atoms with Crippen molar-refractivity contribution in [2.75, 3.05) is 0 Å². The summed E-state index contributed by atoms with van der Waals surface area (Å²) in [5, 5.41) is 5.38. The highest BCUT2D eigenvalue weighted by atomic mass is 32.1. The average molecular weight is 306 g/mol. The molecule has 0 aliphatic rings. The van der Waals surface area contributed by atoms with E-state index in [2.05, 4.69) is 35.6 Å². The van der Waals surface area contributed by atoms with E-state index in [4.69, 9.17) is 5.73 Å². The maximum absolute atomic E-state index is 11.1. The first-order chi connectivity index (χ1) is 9.86. The molecular weight excluding hydrogens is 284 g/mol. The molecule has 2 rings (SSSR count). The van der Waals surface area contributed by atoms with Crippen molar-refractivity contribution >= 4 is 17.2 Å². The van der Waals surface area contributed by atoms with E-state index >= 15 is 0 Å².